The van der Waals surface area contributed by atoms with E-state index < -0.39 is 0 Å². The van der Waals surface area contributed by atoms with Crippen molar-refractivity contribution >= 4 is 20.8 Å². The summed E-state index contributed by atoms with van der Waals surface area (Å²) in [6.45, 7) is 0. The van der Waals surface area contributed by atoms with Gasteiger partial charge in [-0.2, -0.15) is 0 Å². The van der Waals surface area contributed by atoms with Crippen LogP contribution in [0.25, 0.3) is 0 Å². The van der Waals surface area contributed by atoms with E-state index in [-0.39, 0.29) is 52.8 Å². The number of rotatable bonds is 0. The van der Waals surface area contributed by atoms with Gasteiger partial charge in [0.05, 0.1) is 20.8 Å². The van der Waals surface area contributed by atoms with E-state index >= 15 is 0 Å². The summed E-state index contributed by atoms with van der Waals surface area (Å²) in [5.41, 5.74) is 0. The predicted molar refractivity (Wildman–Crippen MR) is 28.8 cm³/mol. The molecular weight excluding hydrogens is 121 g/mol. The molecule has 0 radical (unpaired) electrons. The zero-order valence-corrected chi connectivity index (χ0v) is 11.6. The number of nitrogens with zero attached hydrogens (tertiary/aromatic N) is 1. The Bertz CT molecular complexity index is 18.3. The van der Waals surface area contributed by atoms with Gasteiger partial charge >= 0.3 is 51.4 Å². The Labute approximate surface area is 83.4 Å². The van der Waals surface area contributed by atoms with Gasteiger partial charge in [0.15, 0.2) is 0 Å². The van der Waals surface area contributed by atoms with Gasteiger partial charge in [0.1, 0.15) is 0 Å². The molecule has 1 nitrogen and oxygen atoms in total. The number of hydrogen-bond donors (Lipinski definition) is 0. The molecule has 5 heavy (non-hydrogen) atoms. The second-order valence-corrected chi connectivity index (χ2v) is 6.71. The fourth-order valence-corrected chi connectivity index (χ4v) is 0. The average Bonchev–Trinajstić information content (AvgIpc) is 0.811. The van der Waals surface area contributed by atoms with Gasteiger partial charge in [-0.15, -0.1) is 0 Å². The summed E-state index contributed by atoms with van der Waals surface area (Å²) in [6.07, 6.45) is 0. The van der Waals surface area contributed by atoms with Gasteiger partial charge in [-0.05, 0) is 7.05 Å². The first-order valence-electron chi connectivity index (χ1n) is 1.34. The van der Waals surface area contributed by atoms with Crippen LogP contribution in [-0.4, -0.2) is 32.1 Å². The molecule has 0 saturated carbocycles. The Morgan fingerprint density at radius 1 is 1.60 bits per heavy atom. The Morgan fingerprint density at radius 3 is 1.60 bits per heavy atom. The van der Waals surface area contributed by atoms with Gasteiger partial charge in [-0.3, -0.25) is 0 Å². The zero-order valence-electron chi connectivity index (χ0n) is 5.45. The second kappa shape index (κ2) is 6.03. The van der Waals surface area contributed by atoms with Gasteiger partial charge in [0.2, 0.25) is 0 Å². The molecule has 0 amide bonds. The summed E-state index contributed by atoms with van der Waals surface area (Å²) in [4.78, 5) is 0. The molecule has 0 atom stereocenters. The van der Waals surface area contributed by atoms with Gasteiger partial charge in [-0.1, -0.05) is 0 Å². The smallest absolute Gasteiger partial charge is 1.00 e. The van der Waals surface area contributed by atoms with Gasteiger partial charge < -0.3 is 5.66 Å². The third kappa shape index (κ3) is 23.8. The maximum atomic E-state index is 2.28. The quantitative estimate of drug-likeness (QED) is 0.297. The number of hydrogen-bond acceptors (Lipinski definition) is 1. The standard InChI is InChI=1S/CH9NSi2.K.H/c1-2(3)4;;/h1,3-4H3;;/q;+1;-1. The van der Waals surface area contributed by atoms with Crippen molar-refractivity contribution < 1.29 is 52.8 Å². The minimum absolute atomic E-state index is 0. The first kappa shape index (κ1) is 10.1. The third-order valence-electron chi connectivity index (χ3n) is 0. The molecule has 4 heteroatoms. The monoisotopic (exact) mass is 131 g/mol. The largest absolute Gasteiger partial charge is 1.00 e. The van der Waals surface area contributed by atoms with Crippen molar-refractivity contribution in [3.8, 4) is 0 Å². The molecule has 0 rings (SSSR count). The first-order chi connectivity index (χ1) is 1.73. The minimum atomic E-state index is 0. The van der Waals surface area contributed by atoms with E-state index in [1.807, 2.05) is 0 Å². The zero-order chi connectivity index (χ0) is 3.58. The second-order valence-electron chi connectivity index (χ2n) is 1.34. The molecule has 28 valence electrons. The topological polar surface area (TPSA) is 3.24 Å². The van der Waals surface area contributed by atoms with Crippen LogP contribution < -0.4 is 51.4 Å². The first-order valence-corrected chi connectivity index (χ1v) is 3.13. The van der Waals surface area contributed by atoms with E-state index in [0.29, 0.717) is 0 Å². The summed E-state index contributed by atoms with van der Waals surface area (Å²) in [5.74, 6) is 0. The SMILES string of the molecule is CN([SiH3])[SiH3].[H-].[K+]. The molecule has 0 bridgehead atoms. The Balaban J connectivity index is -0.0000000450. The van der Waals surface area contributed by atoms with Crippen LogP contribution in [0.4, 0.5) is 0 Å². The molecule has 0 aromatic heterocycles. The fourth-order valence-electron chi connectivity index (χ4n) is 0. The van der Waals surface area contributed by atoms with E-state index in [0.717, 1.165) is 0 Å². The molecule has 0 N–H and O–H groups in total. The van der Waals surface area contributed by atoms with Crippen molar-refractivity contribution in [1.82, 2.24) is 4.23 Å². The van der Waals surface area contributed by atoms with Gasteiger partial charge in [-0.25, -0.2) is 0 Å². The van der Waals surface area contributed by atoms with Crippen molar-refractivity contribution in [3.63, 3.8) is 0 Å². The van der Waals surface area contributed by atoms with Crippen LogP contribution in [0.5, 0.6) is 0 Å². The van der Waals surface area contributed by atoms with Crippen LogP contribution in [0, 0.1) is 0 Å². The molecule has 0 unspecified atom stereocenters. The van der Waals surface area contributed by atoms with E-state index in [1.165, 1.54) is 20.8 Å². The maximum Gasteiger partial charge on any atom is 1.00 e. The Kier molecular flexibility index (Phi) is 12.2. The average molecular weight is 131 g/mol. The molecule has 0 aromatic carbocycles. The molecule has 0 heterocycles. The summed E-state index contributed by atoms with van der Waals surface area (Å²) in [5, 5.41) is 0. The molecule has 0 aromatic rings. The molecule has 0 aliphatic heterocycles. The summed E-state index contributed by atoms with van der Waals surface area (Å²) < 4.78 is 2.28. The fraction of sp³-hybridized carbons (Fsp3) is 1.00. The maximum absolute atomic E-state index is 2.28. The Morgan fingerprint density at radius 2 is 1.60 bits per heavy atom. The minimum Gasteiger partial charge on any atom is -1.00 e. The molecular formula is CH10KNSi2. The van der Waals surface area contributed by atoms with Crippen LogP contribution in [0.3, 0.4) is 0 Å². The van der Waals surface area contributed by atoms with Gasteiger partial charge in [0, 0.05) is 0 Å². The molecule has 0 aliphatic carbocycles. The predicted octanol–water partition coefficient (Wildman–Crippen LogP) is -5.40. The van der Waals surface area contributed by atoms with Crippen molar-refractivity contribution in [1.29, 1.82) is 0 Å². The van der Waals surface area contributed by atoms with Crippen molar-refractivity contribution in [2.24, 2.45) is 0 Å². The summed E-state index contributed by atoms with van der Waals surface area (Å²) in [7, 11) is 4.61. The molecule has 0 fully saturated rings. The van der Waals surface area contributed by atoms with E-state index in [9.17, 15) is 0 Å². The van der Waals surface area contributed by atoms with Crippen LogP contribution in [0.2, 0.25) is 0 Å². The summed E-state index contributed by atoms with van der Waals surface area (Å²) in [6, 6.07) is 0. The van der Waals surface area contributed by atoms with Crippen LogP contribution >= 0.6 is 0 Å². The van der Waals surface area contributed by atoms with Crippen LogP contribution in [-0.2, 0) is 0 Å². The van der Waals surface area contributed by atoms with E-state index in [1.54, 1.807) is 0 Å². The Hall–Kier alpha value is 2.03. The summed E-state index contributed by atoms with van der Waals surface area (Å²) >= 11 is 0. The normalized spacial score (nSPS) is 8.40. The van der Waals surface area contributed by atoms with Crippen LogP contribution in [0.15, 0.2) is 0 Å². The van der Waals surface area contributed by atoms with E-state index in [2.05, 4.69) is 11.3 Å². The van der Waals surface area contributed by atoms with Crippen molar-refractivity contribution in [2.75, 3.05) is 7.05 Å². The van der Waals surface area contributed by atoms with Gasteiger partial charge in [0.25, 0.3) is 0 Å². The molecule has 0 spiro atoms. The van der Waals surface area contributed by atoms with Crippen molar-refractivity contribution in [3.05, 3.63) is 0 Å². The third-order valence-corrected chi connectivity index (χ3v) is 0. The molecule has 0 aliphatic rings. The van der Waals surface area contributed by atoms with Crippen molar-refractivity contribution in [2.45, 2.75) is 0 Å². The molecule has 0 saturated heterocycles. The van der Waals surface area contributed by atoms with Crippen LogP contribution in [0.1, 0.15) is 1.43 Å². The van der Waals surface area contributed by atoms with E-state index in [4.69, 9.17) is 0 Å².